The molecule has 1 N–H and O–H groups in total. The Hall–Kier alpha value is -3.48. The SMILES string of the molecule is COc1ccc(C2/C(=C(/O)c3ccc(Cl)c(Cl)c3)C(=O)C(=O)N2c2ccc(C(C)C)cc2)cc1OC. The van der Waals surface area contributed by atoms with E-state index in [1.165, 1.54) is 31.3 Å². The van der Waals surface area contributed by atoms with Gasteiger partial charge in [0, 0.05) is 11.3 Å². The van der Waals surface area contributed by atoms with Gasteiger partial charge < -0.3 is 14.6 Å². The maximum atomic E-state index is 13.4. The number of aliphatic hydroxyl groups is 1. The molecule has 8 heteroatoms. The molecule has 0 bridgehead atoms. The molecule has 0 aliphatic carbocycles. The van der Waals surface area contributed by atoms with Crippen molar-refractivity contribution in [1.29, 1.82) is 0 Å². The predicted molar refractivity (Wildman–Crippen MR) is 141 cm³/mol. The van der Waals surface area contributed by atoms with E-state index >= 15 is 0 Å². The maximum absolute atomic E-state index is 13.4. The number of ketones is 1. The first-order valence-electron chi connectivity index (χ1n) is 11.3. The summed E-state index contributed by atoms with van der Waals surface area (Å²) in [6.07, 6.45) is 0. The summed E-state index contributed by atoms with van der Waals surface area (Å²) in [5.74, 6) is -0.715. The number of carbonyl (C=O) groups is 2. The van der Waals surface area contributed by atoms with Crippen LogP contribution in [0.1, 0.15) is 42.5 Å². The van der Waals surface area contributed by atoms with Crippen molar-refractivity contribution in [3.63, 3.8) is 0 Å². The van der Waals surface area contributed by atoms with Gasteiger partial charge in [-0.1, -0.05) is 55.2 Å². The molecule has 1 heterocycles. The number of benzene rings is 3. The molecule has 36 heavy (non-hydrogen) atoms. The fourth-order valence-corrected chi connectivity index (χ4v) is 4.55. The molecule has 1 saturated heterocycles. The molecule has 1 unspecified atom stereocenters. The summed E-state index contributed by atoms with van der Waals surface area (Å²) >= 11 is 12.2. The van der Waals surface area contributed by atoms with E-state index in [9.17, 15) is 14.7 Å². The van der Waals surface area contributed by atoms with Crippen LogP contribution in [0.5, 0.6) is 11.5 Å². The van der Waals surface area contributed by atoms with Crippen LogP contribution < -0.4 is 14.4 Å². The third-order valence-corrected chi connectivity index (χ3v) is 6.94. The third kappa shape index (κ3) is 4.54. The highest BCUT2D eigenvalue weighted by Crippen LogP contribution is 2.44. The van der Waals surface area contributed by atoms with E-state index in [4.69, 9.17) is 32.7 Å². The summed E-state index contributed by atoms with van der Waals surface area (Å²) in [6, 6.07) is 16.1. The summed E-state index contributed by atoms with van der Waals surface area (Å²) in [5, 5.41) is 11.8. The van der Waals surface area contributed by atoms with Gasteiger partial charge >= 0.3 is 0 Å². The molecular weight excluding hydrogens is 501 g/mol. The zero-order valence-corrected chi connectivity index (χ0v) is 21.7. The average Bonchev–Trinajstić information content (AvgIpc) is 3.15. The lowest BCUT2D eigenvalue weighted by atomic mass is 9.94. The molecule has 1 amide bonds. The van der Waals surface area contributed by atoms with Gasteiger partial charge in [0.1, 0.15) is 5.76 Å². The molecule has 1 aliphatic rings. The average molecular weight is 526 g/mol. The Bertz CT molecular complexity index is 1360. The first-order valence-corrected chi connectivity index (χ1v) is 12.0. The van der Waals surface area contributed by atoms with Gasteiger partial charge in [-0.25, -0.2) is 0 Å². The third-order valence-electron chi connectivity index (χ3n) is 6.20. The van der Waals surface area contributed by atoms with Crippen LogP contribution >= 0.6 is 23.2 Å². The Morgan fingerprint density at radius 3 is 2.14 bits per heavy atom. The Morgan fingerprint density at radius 2 is 1.56 bits per heavy atom. The fraction of sp³-hybridized carbons (Fsp3) is 0.214. The Morgan fingerprint density at radius 1 is 0.889 bits per heavy atom. The normalized spacial score (nSPS) is 17.1. The number of ether oxygens (including phenoxy) is 2. The van der Waals surface area contributed by atoms with Crippen LogP contribution in [0.3, 0.4) is 0 Å². The van der Waals surface area contributed by atoms with Gasteiger partial charge in [-0.05, 0) is 59.5 Å². The largest absolute Gasteiger partial charge is 0.507 e. The van der Waals surface area contributed by atoms with Crippen LogP contribution in [0.4, 0.5) is 5.69 Å². The lowest BCUT2D eigenvalue weighted by Crippen LogP contribution is -2.29. The second-order valence-electron chi connectivity index (χ2n) is 8.66. The van der Waals surface area contributed by atoms with Gasteiger partial charge in [-0.15, -0.1) is 0 Å². The first kappa shape index (κ1) is 25.6. The standard InChI is InChI=1S/C28H25Cl2NO5/c1-15(2)16-5-9-19(10-6-16)31-25(17-8-12-22(35-3)23(14-17)36-4)24(27(33)28(31)34)26(32)18-7-11-20(29)21(30)13-18/h5-15,25,32H,1-4H3/b26-24-. The number of rotatable bonds is 6. The molecule has 0 aromatic heterocycles. The Balaban J connectivity index is 1.95. The van der Waals surface area contributed by atoms with Crippen molar-refractivity contribution < 1.29 is 24.2 Å². The Kier molecular flexibility index (Phi) is 7.29. The minimum Gasteiger partial charge on any atom is -0.507 e. The van der Waals surface area contributed by atoms with Gasteiger partial charge in [0.15, 0.2) is 11.5 Å². The predicted octanol–water partition coefficient (Wildman–Crippen LogP) is 6.76. The van der Waals surface area contributed by atoms with Gasteiger partial charge in [-0.2, -0.15) is 0 Å². The highest BCUT2D eigenvalue weighted by Gasteiger charge is 2.47. The number of Topliss-reactive ketones (excluding diaryl/α,β-unsaturated/α-hetero) is 1. The topological polar surface area (TPSA) is 76.1 Å². The second kappa shape index (κ2) is 10.2. The first-order chi connectivity index (χ1) is 17.2. The number of methoxy groups -OCH3 is 2. The number of aliphatic hydroxyl groups excluding tert-OH is 1. The van der Waals surface area contributed by atoms with Crippen LogP contribution in [0, 0.1) is 0 Å². The van der Waals surface area contributed by atoms with Gasteiger partial charge in [0.2, 0.25) is 0 Å². The summed E-state index contributed by atoms with van der Waals surface area (Å²) < 4.78 is 10.8. The van der Waals surface area contributed by atoms with E-state index in [0.717, 1.165) is 5.56 Å². The highest BCUT2D eigenvalue weighted by atomic mass is 35.5. The summed E-state index contributed by atoms with van der Waals surface area (Å²) in [5.41, 5.74) is 2.37. The van der Waals surface area contributed by atoms with Gasteiger partial charge in [-0.3, -0.25) is 14.5 Å². The van der Waals surface area contributed by atoms with E-state index in [1.807, 2.05) is 12.1 Å². The molecule has 1 fully saturated rings. The summed E-state index contributed by atoms with van der Waals surface area (Å²) in [4.78, 5) is 28.1. The summed E-state index contributed by atoms with van der Waals surface area (Å²) in [7, 11) is 3.02. The molecule has 186 valence electrons. The van der Waals surface area contributed by atoms with Crippen LogP contribution in [0.15, 0.2) is 66.2 Å². The lowest BCUT2D eigenvalue weighted by molar-refractivity contribution is -0.132. The molecule has 1 aliphatic heterocycles. The van der Waals surface area contributed by atoms with Crippen molar-refractivity contribution in [3.05, 3.63) is 93.0 Å². The Labute approximate surface area is 219 Å². The molecule has 1 atom stereocenters. The van der Waals surface area contributed by atoms with Gasteiger partial charge in [0.05, 0.1) is 35.9 Å². The number of anilines is 1. The number of nitrogens with zero attached hydrogens (tertiary/aromatic N) is 1. The number of halogens is 2. The quantitative estimate of drug-likeness (QED) is 0.218. The highest BCUT2D eigenvalue weighted by molar-refractivity contribution is 6.51. The van der Waals surface area contributed by atoms with Crippen LogP contribution in [-0.4, -0.2) is 31.0 Å². The molecule has 0 saturated carbocycles. The van der Waals surface area contributed by atoms with Crippen molar-refractivity contribution in [3.8, 4) is 11.5 Å². The molecular formula is C28H25Cl2NO5. The van der Waals surface area contributed by atoms with E-state index in [-0.39, 0.29) is 21.9 Å². The minimum absolute atomic E-state index is 0.0708. The van der Waals surface area contributed by atoms with Crippen LogP contribution in [-0.2, 0) is 9.59 Å². The zero-order chi connectivity index (χ0) is 26.1. The zero-order valence-electron chi connectivity index (χ0n) is 20.2. The van der Waals surface area contributed by atoms with E-state index in [0.29, 0.717) is 33.7 Å². The number of amides is 1. The lowest BCUT2D eigenvalue weighted by Gasteiger charge is -2.26. The molecule has 3 aromatic rings. The van der Waals surface area contributed by atoms with Crippen molar-refractivity contribution in [2.75, 3.05) is 19.1 Å². The molecule has 3 aromatic carbocycles. The summed E-state index contributed by atoms with van der Waals surface area (Å²) in [6.45, 7) is 4.14. The molecule has 0 spiro atoms. The van der Waals surface area contributed by atoms with E-state index < -0.39 is 17.7 Å². The monoisotopic (exact) mass is 525 g/mol. The minimum atomic E-state index is -0.927. The van der Waals surface area contributed by atoms with Crippen LogP contribution in [0.25, 0.3) is 5.76 Å². The van der Waals surface area contributed by atoms with E-state index in [2.05, 4.69) is 13.8 Å². The molecule has 6 nitrogen and oxygen atoms in total. The van der Waals surface area contributed by atoms with Crippen LogP contribution in [0.2, 0.25) is 10.0 Å². The van der Waals surface area contributed by atoms with E-state index in [1.54, 1.807) is 36.4 Å². The van der Waals surface area contributed by atoms with Crippen molar-refractivity contribution in [2.45, 2.75) is 25.8 Å². The number of hydrogen-bond donors (Lipinski definition) is 1. The van der Waals surface area contributed by atoms with Gasteiger partial charge in [0.25, 0.3) is 11.7 Å². The van der Waals surface area contributed by atoms with Crippen molar-refractivity contribution in [1.82, 2.24) is 0 Å². The second-order valence-corrected chi connectivity index (χ2v) is 9.47. The molecule has 0 radical (unpaired) electrons. The fourth-order valence-electron chi connectivity index (χ4n) is 4.26. The maximum Gasteiger partial charge on any atom is 0.300 e. The van der Waals surface area contributed by atoms with Crippen molar-refractivity contribution in [2.24, 2.45) is 0 Å². The van der Waals surface area contributed by atoms with Crippen molar-refractivity contribution >= 4 is 46.3 Å². The number of carbonyl (C=O) groups excluding carboxylic acids is 2. The number of hydrogen-bond acceptors (Lipinski definition) is 5. The molecule has 4 rings (SSSR count). The smallest absolute Gasteiger partial charge is 0.300 e.